The van der Waals surface area contributed by atoms with E-state index in [0.29, 0.717) is 33.5 Å². The molecule has 0 fully saturated rings. The smallest absolute Gasteiger partial charge is 0.128 e. The third-order valence-corrected chi connectivity index (χ3v) is 3.82. The molecule has 0 bridgehead atoms. The lowest BCUT2D eigenvalue weighted by Crippen LogP contribution is -2.05. The molecule has 0 aliphatic heterocycles. The van der Waals surface area contributed by atoms with Crippen molar-refractivity contribution < 1.29 is 14.6 Å². The van der Waals surface area contributed by atoms with E-state index in [9.17, 15) is 5.11 Å². The van der Waals surface area contributed by atoms with Gasteiger partial charge in [-0.1, -0.05) is 23.2 Å². The van der Waals surface area contributed by atoms with Crippen LogP contribution in [0.15, 0.2) is 36.4 Å². The zero-order valence-corrected chi connectivity index (χ0v) is 13.3. The van der Waals surface area contributed by atoms with Crippen LogP contribution in [-0.2, 0) is 6.42 Å². The van der Waals surface area contributed by atoms with E-state index in [4.69, 9.17) is 32.7 Å². The van der Waals surface area contributed by atoms with Crippen LogP contribution in [0.4, 0.5) is 0 Å². The average Bonchev–Trinajstić information content (AvgIpc) is 2.50. The van der Waals surface area contributed by atoms with E-state index in [0.717, 1.165) is 5.56 Å². The van der Waals surface area contributed by atoms with E-state index in [1.165, 1.54) is 0 Å². The molecule has 1 N–H and O–H groups in total. The molecule has 112 valence electrons. The van der Waals surface area contributed by atoms with Gasteiger partial charge in [-0.25, -0.2) is 0 Å². The van der Waals surface area contributed by atoms with Crippen molar-refractivity contribution >= 4 is 23.2 Å². The van der Waals surface area contributed by atoms with Gasteiger partial charge in [-0.15, -0.1) is 0 Å². The predicted molar refractivity (Wildman–Crippen MR) is 84.7 cm³/mol. The zero-order chi connectivity index (χ0) is 15.4. The lowest BCUT2D eigenvalue weighted by Gasteiger charge is -2.16. The Labute approximate surface area is 134 Å². The second-order valence-electron chi connectivity index (χ2n) is 4.56. The molecule has 0 spiro atoms. The highest BCUT2D eigenvalue weighted by atomic mass is 35.5. The van der Waals surface area contributed by atoms with Crippen LogP contribution in [0.5, 0.6) is 11.5 Å². The summed E-state index contributed by atoms with van der Waals surface area (Å²) < 4.78 is 10.4. The summed E-state index contributed by atoms with van der Waals surface area (Å²) in [6, 6.07) is 10.5. The number of halogens is 2. The molecule has 3 nitrogen and oxygen atoms in total. The number of benzene rings is 2. The van der Waals surface area contributed by atoms with E-state index in [1.54, 1.807) is 50.6 Å². The maximum Gasteiger partial charge on any atom is 0.128 e. The summed E-state index contributed by atoms with van der Waals surface area (Å²) >= 11 is 12.1. The third kappa shape index (κ3) is 3.82. The van der Waals surface area contributed by atoms with Crippen molar-refractivity contribution in [3.8, 4) is 11.5 Å². The normalized spacial score (nSPS) is 12.0. The number of aliphatic hydroxyl groups is 1. The van der Waals surface area contributed by atoms with Crippen LogP contribution in [0, 0.1) is 0 Å². The van der Waals surface area contributed by atoms with Gasteiger partial charge in [-0.2, -0.15) is 0 Å². The highest BCUT2D eigenvalue weighted by molar-refractivity contribution is 6.33. The van der Waals surface area contributed by atoms with Gasteiger partial charge in [0.15, 0.2) is 0 Å². The van der Waals surface area contributed by atoms with Crippen LogP contribution in [-0.4, -0.2) is 19.3 Å². The van der Waals surface area contributed by atoms with E-state index >= 15 is 0 Å². The number of ether oxygens (including phenoxy) is 2. The van der Waals surface area contributed by atoms with Crippen LogP contribution in [0.25, 0.3) is 0 Å². The molecule has 2 aromatic carbocycles. The Bertz CT molecular complexity index is 629. The van der Waals surface area contributed by atoms with Crippen LogP contribution in [0.1, 0.15) is 17.2 Å². The van der Waals surface area contributed by atoms with Crippen molar-refractivity contribution in [2.24, 2.45) is 0 Å². The summed E-state index contributed by atoms with van der Waals surface area (Å²) in [6.07, 6.45) is -0.399. The molecule has 0 saturated carbocycles. The number of rotatable bonds is 5. The maximum atomic E-state index is 10.4. The standard InChI is InChI=1S/C16H16Cl2O3/c1-20-12-4-5-13(16(9-12)21-2)15(19)8-10-7-11(17)3-6-14(10)18/h3-7,9,15,19H,8H2,1-2H3. The van der Waals surface area contributed by atoms with Gasteiger partial charge in [0.2, 0.25) is 0 Å². The topological polar surface area (TPSA) is 38.7 Å². The van der Waals surface area contributed by atoms with E-state index in [2.05, 4.69) is 0 Å². The first-order valence-corrected chi connectivity index (χ1v) is 7.14. The van der Waals surface area contributed by atoms with Gasteiger partial charge in [-0.3, -0.25) is 0 Å². The van der Waals surface area contributed by atoms with Crippen molar-refractivity contribution in [1.82, 2.24) is 0 Å². The van der Waals surface area contributed by atoms with Crippen molar-refractivity contribution in [2.75, 3.05) is 14.2 Å². The largest absolute Gasteiger partial charge is 0.497 e. The molecule has 0 saturated heterocycles. The first-order chi connectivity index (χ1) is 10.0. The Kier molecular flexibility index (Phi) is 5.34. The van der Waals surface area contributed by atoms with Gasteiger partial charge < -0.3 is 14.6 Å². The number of methoxy groups -OCH3 is 2. The zero-order valence-electron chi connectivity index (χ0n) is 11.8. The summed E-state index contributed by atoms with van der Waals surface area (Å²) in [5.74, 6) is 1.24. The molecule has 0 amide bonds. The molecule has 1 atom stereocenters. The summed E-state index contributed by atoms with van der Waals surface area (Å²) in [7, 11) is 3.13. The lowest BCUT2D eigenvalue weighted by atomic mass is 10.0. The first kappa shape index (κ1) is 16.0. The Morgan fingerprint density at radius 2 is 1.81 bits per heavy atom. The Morgan fingerprint density at radius 3 is 2.48 bits per heavy atom. The Morgan fingerprint density at radius 1 is 1.05 bits per heavy atom. The fourth-order valence-corrected chi connectivity index (χ4v) is 2.50. The fourth-order valence-electron chi connectivity index (χ4n) is 2.11. The van der Waals surface area contributed by atoms with Crippen molar-refractivity contribution in [1.29, 1.82) is 0 Å². The SMILES string of the molecule is COc1ccc(C(O)Cc2cc(Cl)ccc2Cl)c(OC)c1. The quantitative estimate of drug-likeness (QED) is 0.890. The van der Waals surface area contributed by atoms with Gasteiger partial charge in [0, 0.05) is 28.1 Å². The van der Waals surface area contributed by atoms with Crippen LogP contribution < -0.4 is 9.47 Å². The lowest BCUT2D eigenvalue weighted by molar-refractivity contribution is 0.174. The Balaban J connectivity index is 2.27. The van der Waals surface area contributed by atoms with Crippen LogP contribution in [0.2, 0.25) is 10.0 Å². The minimum atomic E-state index is -0.748. The molecular formula is C16H16Cl2O3. The number of aliphatic hydroxyl groups excluding tert-OH is 1. The minimum Gasteiger partial charge on any atom is -0.497 e. The molecule has 1 unspecified atom stereocenters. The van der Waals surface area contributed by atoms with Crippen molar-refractivity contribution in [2.45, 2.75) is 12.5 Å². The van der Waals surface area contributed by atoms with Gasteiger partial charge in [0.05, 0.1) is 20.3 Å². The highest BCUT2D eigenvalue weighted by Crippen LogP contribution is 2.33. The first-order valence-electron chi connectivity index (χ1n) is 6.39. The monoisotopic (exact) mass is 326 g/mol. The molecule has 0 radical (unpaired) electrons. The van der Waals surface area contributed by atoms with Gasteiger partial charge in [0.1, 0.15) is 11.5 Å². The van der Waals surface area contributed by atoms with E-state index < -0.39 is 6.10 Å². The minimum absolute atomic E-state index is 0.349. The van der Waals surface area contributed by atoms with E-state index in [-0.39, 0.29) is 0 Å². The number of hydrogen-bond acceptors (Lipinski definition) is 3. The summed E-state index contributed by atoms with van der Waals surface area (Å²) in [6.45, 7) is 0. The van der Waals surface area contributed by atoms with E-state index in [1.807, 2.05) is 0 Å². The molecule has 21 heavy (non-hydrogen) atoms. The second kappa shape index (κ2) is 7.03. The predicted octanol–water partition coefficient (Wildman–Crippen LogP) is 4.29. The summed E-state index contributed by atoms with van der Waals surface area (Å²) in [4.78, 5) is 0. The molecule has 0 aliphatic carbocycles. The van der Waals surface area contributed by atoms with Gasteiger partial charge in [-0.05, 0) is 35.9 Å². The molecule has 0 aliphatic rings. The Hall–Kier alpha value is -1.42. The molecule has 2 rings (SSSR count). The number of hydrogen-bond donors (Lipinski definition) is 1. The molecule has 2 aromatic rings. The van der Waals surface area contributed by atoms with Crippen molar-refractivity contribution in [3.05, 3.63) is 57.6 Å². The average molecular weight is 327 g/mol. The van der Waals surface area contributed by atoms with Gasteiger partial charge >= 0.3 is 0 Å². The summed E-state index contributed by atoms with van der Waals surface area (Å²) in [5, 5.41) is 11.6. The highest BCUT2D eigenvalue weighted by Gasteiger charge is 2.16. The van der Waals surface area contributed by atoms with Crippen molar-refractivity contribution in [3.63, 3.8) is 0 Å². The molecular weight excluding hydrogens is 311 g/mol. The van der Waals surface area contributed by atoms with Crippen LogP contribution in [0.3, 0.4) is 0 Å². The fraction of sp³-hybridized carbons (Fsp3) is 0.250. The maximum absolute atomic E-state index is 10.4. The van der Waals surface area contributed by atoms with Gasteiger partial charge in [0.25, 0.3) is 0 Å². The summed E-state index contributed by atoms with van der Waals surface area (Å²) in [5.41, 5.74) is 1.46. The second-order valence-corrected chi connectivity index (χ2v) is 5.41. The van der Waals surface area contributed by atoms with Crippen LogP contribution >= 0.6 is 23.2 Å². The molecule has 5 heteroatoms. The molecule has 0 aromatic heterocycles. The molecule has 0 heterocycles. The third-order valence-electron chi connectivity index (χ3n) is 3.22.